The normalized spacial score (nSPS) is 17.9. The SMILES string of the molecule is CN1CCN(c2cc(N3CC(C(=O)NC(C)(C)c4cnc5ccccn45)C3)c(Cl)cn2)CC1. The van der Waals surface area contributed by atoms with Gasteiger partial charge in [-0.05, 0) is 33.0 Å². The van der Waals surface area contributed by atoms with E-state index in [1.54, 1.807) is 6.20 Å². The van der Waals surface area contributed by atoms with Crippen molar-refractivity contribution in [2.75, 3.05) is 56.1 Å². The molecule has 0 radical (unpaired) electrons. The van der Waals surface area contributed by atoms with E-state index in [2.05, 4.69) is 43.1 Å². The molecule has 1 N–H and O–H groups in total. The number of aromatic nitrogens is 3. The Hall–Kier alpha value is -2.84. The molecule has 174 valence electrons. The van der Waals surface area contributed by atoms with E-state index < -0.39 is 5.54 Å². The molecule has 5 heterocycles. The number of pyridine rings is 2. The van der Waals surface area contributed by atoms with Crippen molar-refractivity contribution in [3.05, 3.63) is 53.6 Å². The van der Waals surface area contributed by atoms with Crippen molar-refractivity contribution >= 4 is 34.7 Å². The van der Waals surface area contributed by atoms with E-state index >= 15 is 0 Å². The van der Waals surface area contributed by atoms with E-state index in [1.807, 2.05) is 48.8 Å². The van der Waals surface area contributed by atoms with Crippen LogP contribution in [-0.4, -0.2) is 71.5 Å². The third-order valence-corrected chi connectivity index (χ3v) is 7.03. The second-order valence-electron chi connectivity index (χ2n) is 9.57. The highest BCUT2D eigenvalue weighted by Gasteiger charge is 2.37. The standard InChI is InChI=1S/C24H30ClN7O/c1-24(2,20-14-27-21-6-4-5-7-32(20)21)28-23(33)17-15-31(16-17)19-12-22(26-13-18(19)25)30-10-8-29(3)9-11-30/h4-7,12-14,17H,8-11,15-16H2,1-3H3,(H,28,33). The predicted molar refractivity (Wildman–Crippen MR) is 131 cm³/mol. The Morgan fingerprint density at radius 2 is 1.85 bits per heavy atom. The van der Waals surface area contributed by atoms with Gasteiger partial charge in [0.15, 0.2) is 0 Å². The van der Waals surface area contributed by atoms with Gasteiger partial charge >= 0.3 is 0 Å². The fraction of sp³-hybridized carbons (Fsp3) is 0.458. The van der Waals surface area contributed by atoms with Gasteiger partial charge in [0.2, 0.25) is 5.91 Å². The molecule has 0 aromatic carbocycles. The summed E-state index contributed by atoms with van der Waals surface area (Å²) >= 11 is 6.48. The van der Waals surface area contributed by atoms with Crippen LogP contribution in [0.4, 0.5) is 11.5 Å². The molecule has 2 aliphatic heterocycles. The Bertz CT molecular complexity index is 1160. The quantitative estimate of drug-likeness (QED) is 0.622. The van der Waals surface area contributed by atoms with Gasteiger partial charge in [0.05, 0.1) is 40.3 Å². The average Bonchev–Trinajstić information content (AvgIpc) is 3.19. The topological polar surface area (TPSA) is 69.0 Å². The number of carbonyl (C=O) groups is 1. The van der Waals surface area contributed by atoms with Gasteiger partial charge in [-0.15, -0.1) is 0 Å². The largest absolute Gasteiger partial charge is 0.368 e. The molecule has 1 amide bonds. The van der Waals surface area contributed by atoms with Crippen LogP contribution in [0.5, 0.6) is 0 Å². The van der Waals surface area contributed by atoms with Crippen LogP contribution in [0.3, 0.4) is 0 Å². The minimum atomic E-state index is -0.540. The summed E-state index contributed by atoms with van der Waals surface area (Å²) < 4.78 is 2.02. The maximum absolute atomic E-state index is 13.1. The number of hydrogen-bond donors (Lipinski definition) is 1. The molecule has 5 rings (SSSR count). The van der Waals surface area contributed by atoms with Crippen LogP contribution in [0.25, 0.3) is 5.65 Å². The Kier molecular flexibility index (Phi) is 5.66. The van der Waals surface area contributed by atoms with E-state index in [0.29, 0.717) is 18.1 Å². The van der Waals surface area contributed by atoms with Crippen LogP contribution in [0.15, 0.2) is 42.9 Å². The van der Waals surface area contributed by atoms with Crippen molar-refractivity contribution < 1.29 is 4.79 Å². The third-order valence-electron chi connectivity index (χ3n) is 6.73. The molecule has 0 saturated carbocycles. The number of piperazine rings is 1. The summed E-state index contributed by atoms with van der Waals surface area (Å²) in [6.07, 6.45) is 5.53. The molecule has 2 aliphatic rings. The van der Waals surface area contributed by atoms with Crippen molar-refractivity contribution in [3.8, 4) is 0 Å². The minimum Gasteiger partial charge on any atom is -0.368 e. The maximum atomic E-state index is 13.1. The van der Waals surface area contributed by atoms with Gasteiger partial charge in [0, 0.05) is 51.5 Å². The first-order chi connectivity index (χ1) is 15.8. The van der Waals surface area contributed by atoms with Gasteiger partial charge in [-0.25, -0.2) is 9.97 Å². The van der Waals surface area contributed by atoms with E-state index in [9.17, 15) is 4.79 Å². The smallest absolute Gasteiger partial charge is 0.227 e. The number of imidazole rings is 1. The fourth-order valence-corrected chi connectivity index (χ4v) is 4.80. The lowest BCUT2D eigenvalue weighted by atomic mass is 9.94. The highest BCUT2D eigenvalue weighted by Crippen LogP contribution is 2.34. The average molecular weight is 468 g/mol. The van der Waals surface area contributed by atoms with Crippen molar-refractivity contribution in [2.45, 2.75) is 19.4 Å². The van der Waals surface area contributed by atoms with E-state index in [4.69, 9.17) is 11.6 Å². The first-order valence-electron chi connectivity index (χ1n) is 11.4. The minimum absolute atomic E-state index is 0.0478. The van der Waals surface area contributed by atoms with Crippen LogP contribution >= 0.6 is 11.6 Å². The van der Waals surface area contributed by atoms with Gasteiger partial charge in [-0.2, -0.15) is 0 Å². The molecule has 0 atom stereocenters. The van der Waals surface area contributed by atoms with Gasteiger partial charge in [-0.3, -0.25) is 4.79 Å². The monoisotopic (exact) mass is 467 g/mol. The first kappa shape index (κ1) is 22.0. The van der Waals surface area contributed by atoms with Crippen molar-refractivity contribution in [1.29, 1.82) is 0 Å². The van der Waals surface area contributed by atoms with Crippen molar-refractivity contribution in [1.82, 2.24) is 24.6 Å². The number of rotatable bonds is 5. The van der Waals surface area contributed by atoms with Crippen LogP contribution in [0, 0.1) is 5.92 Å². The number of fused-ring (bicyclic) bond motifs is 1. The summed E-state index contributed by atoms with van der Waals surface area (Å²) in [4.78, 5) is 28.8. The lowest BCUT2D eigenvalue weighted by Gasteiger charge is -2.42. The van der Waals surface area contributed by atoms with Crippen LogP contribution in [0.2, 0.25) is 5.02 Å². The first-order valence-corrected chi connectivity index (χ1v) is 11.8. The zero-order chi connectivity index (χ0) is 23.2. The zero-order valence-corrected chi connectivity index (χ0v) is 20.1. The molecule has 0 bridgehead atoms. The van der Waals surface area contributed by atoms with E-state index in [0.717, 1.165) is 49.0 Å². The second kappa shape index (κ2) is 8.50. The van der Waals surface area contributed by atoms with Gasteiger partial charge in [0.1, 0.15) is 11.5 Å². The Labute approximate surface area is 199 Å². The van der Waals surface area contributed by atoms with E-state index in [-0.39, 0.29) is 11.8 Å². The molecule has 0 aliphatic carbocycles. The molecule has 3 aromatic rings. The Morgan fingerprint density at radius 1 is 1.09 bits per heavy atom. The summed E-state index contributed by atoms with van der Waals surface area (Å²) in [7, 11) is 2.14. The number of halogens is 1. The highest BCUT2D eigenvalue weighted by atomic mass is 35.5. The Balaban J connectivity index is 1.24. The number of carbonyl (C=O) groups excluding carboxylic acids is 1. The number of anilines is 2. The molecular formula is C24H30ClN7O. The number of nitrogens with one attached hydrogen (secondary N) is 1. The molecule has 0 unspecified atom stereocenters. The highest BCUT2D eigenvalue weighted by molar-refractivity contribution is 6.33. The molecule has 3 aromatic heterocycles. The van der Waals surface area contributed by atoms with Gasteiger partial charge in [-0.1, -0.05) is 17.7 Å². The van der Waals surface area contributed by atoms with E-state index in [1.165, 1.54) is 0 Å². The second-order valence-corrected chi connectivity index (χ2v) is 9.98. The molecular weight excluding hydrogens is 438 g/mol. The van der Waals surface area contributed by atoms with Crippen LogP contribution in [-0.2, 0) is 10.3 Å². The molecule has 0 spiro atoms. The number of likely N-dealkylation sites (N-methyl/N-ethyl adjacent to an activating group) is 1. The molecule has 2 saturated heterocycles. The molecule has 2 fully saturated rings. The lowest BCUT2D eigenvalue weighted by molar-refractivity contribution is -0.127. The Morgan fingerprint density at radius 3 is 2.61 bits per heavy atom. The summed E-state index contributed by atoms with van der Waals surface area (Å²) in [5.41, 5.74) is 2.23. The van der Waals surface area contributed by atoms with Gasteiger partial charge < -0.3 is 24.4 Å². The summed E-state index contributed by atoms with van der Waals surface area (Å²) in [5, 5.41) is 3.84. The van der Waals surface area contributed by atoms with Crippen molar-refractivity contribution in [2.24, 2.45) is 5.92 Å². The third kappa shape index (κ3) is 4.25. The summed E-state index contributed by atoms with van der Waals surface area (Å²) in [5.74, 6) is 0.913. The maximum Gasteiger partial charge on any atom is 0.227 e. The molecule has 33 heavy (non-hydrogen) atoms. The predicted octanol–water partition coefficient (Wildman–Crippen LogP) is 2.62. The van der Waals surface area contributed by atoms with Crippen LogP contribution < -0.4 is 15.1 Å². The summed E-state index contributed by atoms with van der Waals surface area (Å²) in [6.45, 7) is 9.26. The molecule has 9 heteroatoms. The number of amides is 1. The summed E-state index contributed by atoms with van der Waals surface area (Å²) in [6, 6.07) is 7.94. The van der Waals surface area contributed by atoms with Crippen molar-refractivity contribution in [3.63, 3.8) is 0 Å². The zero-order valence-electron chi connectivity index (χ0n) is 19.3. The number of hydrogen-bond acceptors (Lipinski definition) is 6. The molecule has 8 nitrogen and oxygen atoms in total. The lowest BCUT2D eigenvalue weighted by Crippen LogP contribution is -2.56. The van der Waals surface area contributed by atoms with Crippen LogP contribution in [0.1, 0.15) is 19.5 Å². The number of nitrogens with zero attached hydrogens (tertiary/aromatic N) is 6. The van der Waals surface area contributed by atoms with Gasteiger partial charge in [0.25, 0.3) is 0 Å². The fourth-order valence-electron chi connectivity index (χ4n) is 4.58.